The van der Waals surface area contributed by atoms with E-state index in [9.17, 15) is 14.7 Å². The third-order valence-electron chi connectivity index (χ3n) is 5.16. The van der Waals surface area contributed by atoms with Crippen LogP contribution in [0.4, 0.5) is 0 Å². The van der Waals surface area contributed by atoms with E-state index < -0.39 is 5.97 Å². The molecule has 124 valence electrons. The Morgan fingerprint density at radius 2 is 2.04 bits per heavy atom. The number of benzene rings is 1. The van der Waals surface area contributed by atoms with Crippen LogP contribution in [-0.4, -0.2) is 28.4 Å². The molecular weight excluding hydrogens is 306 g/mol. The van der Waals surface area contributed by atoms with Gasteiger partial charge in [0, 0.05) is 31.0 Å². The van der Waals surface area contributed by atoms with E-state index in [0.29, 0.717) is 25.3 Å². The number of amides is 1. The molecule has 0 unspecified atom stereocenters. The van der Waals surface area contributed by atoms with Crippen molar-refractivity contribution in [3.05, 3.63) is 58.5 Å². The van der Waals surface area contributed by atoms with Crippen molar-refractivity contribution < 1.29 is 19.1 Å². The summed E-state index contributed by atoms with van der Waals surface area (Å²) in [7, 11) is 0. The van der Waals surface area contributed by atoms with Gasteiger partial charge in [-0.25, -0.2) is 4.79 Å². The highest BCUT2D eigenvalue weighted by Crippen LogP contribution is 2.52. The summed E-state index contributed by atoms with van der Waals surface area (Å²) in [5.41, 5.74) is 2.70. The zero-order chi connectivity index (χ0) is 16.9. The minimum Gasteiger partial charge on any atom is -0.478 e. The van der Waals surface area contributed by atoms with Crippen LogP contribution in [0.15, 0.2) is 34.7 Å². The van der Waals surface area contributed by atoms with Crippen LogP contribution in [0.25, 0.3) is 0 Å². The fourth-order valence-electron chi connectivity index (χ4n) is 3.74. The lowest BCUT2D eigenvalue weighted by molar-refractivity contribution is 0.0671. The highest BCUT2D eigenvalue weighted by molar-refractivity contribution is 5.96. The second kappa shape index (κ2) is 5.23. The Labute approximate surface area is 139 Å². The standard InChI is InChI=1S/C19H19NO4/c1-2-15-13(18(22)23)9-16(24-15)17(21)20-10-12-5-3-4-6-14(12)19(11-20)7-8-19/h3-6,9H,2,7-8,10-11H2,1H3,(H,22,23). The molecule has 1 aliphatic heterocycles. The van der Waals surface area contributed by atoms with Crippen molar-refractivity contribution in [3.63, 3.8) is 0 Å². The summed E-state index contributed by atoms with van der Waals surface area (Å²) in [5.74, 6) is -0.806. The Balaban J connectivity index is 1.66. The van der Waals surface area contributed by atoms with Crippen LogP contribution in [0.1, 0.15) is 57.6 Å². The third kappa shape index (κ3) is 2.23. The number of aromatic carboxylic acids is 1. The molecule has 1 amide bonds. The molecule has 0 saturated heterocycles. The fraction of sp³-hybridized carbons (Fsp3) is 0.368. The van der Waals surface area contributed by atoms with E-state index in [0.717, 1.165) is 12.8 Å². The molecule has 2 heterocycles. The Kier molecular flexibility index (Phi) is 3.27. The van der Waals surface area contributed by atoms with Gasteiger partial charge in [-0.05, 0) is 24.0 Å². The lowest BCUT2D eigenvalue weighted by Gasteiger charge is -2.34. The quantitative estimate of drug-likeness (QED) is 0.940. The molecule has 1 saturated carbocycles. The summed E-state index contributed by atoms with van der Waals surface area (Å²) in [4.78, 5) is 25.9. The topological polar surface area (TPSA) is 70.8 Å². The van der Waals surface area contributed by atoms with Crippen molar-refractivity contribution in [2.75, 3.05) is 6.54 Å². The molecule has 0 radical (unpaired) electrons. The summed E-state index contributed by atoms with van der Waals surface area (Å²) in [6, 6.07) is 9.64. The third-order valence-corrected chi connectivity index (χ3v) is 5.16. The molecule has 5 nitrogen and oxygen atoms in total. The Bertz CT molecular complexity index is 832. The number of aryl methyl sites for hydroxylation is 1. The SMILES string of the molecule is CCc1oc(C(=O)N2Cc3ccccc3C3(CC3)C2)cc1C(=O)O. The average Bonchev–Trinajstić information content (AvgIpc) is 3.21. The van der Waals surface area contributed by atoms with Gasteiger partial charge in [-0.15, -0.1) is 0 Å². The predicted molar refractivity (Wildman–Crippen MR) is 87.1 cm³/mol. The van der Waals surface area contributed by atoms with Gasteiger partial charge >= 0.3 is 5.97 Å². The molecule has 1 N–H and O–H groups in total. The van der Waals surface area contributed by atoms with Crippen molar-refractivity contribution >= 4 is 11.9 Å². The number of furan rings is 1. The van der Waals surface area contributed by atoms with Crippen LogP contribution in [0.2, 0.25) is 0 Å². The molecule has 1 aromatic carbocycles. The van der Waals surface area contributed by atoms with Crippen molar-refractivity contribution in [1.82, 2.24) is 4.90 Å². The lowest BCUT2D eigenvalue weighted by atomic mass is 9.87. The number of rotatable bonds is 3. The van der Waals surface area contributed by atoms with Gasteiger partial charge in [0.2, 0.25) is 0 Å². The first kappa shape index (κ1) is 15.0. The Hall–Kier alpha value is -2.56. The van der Waals surface area contributed by atoms with Gasteiger partial charge in [-0.1, -0.05) is 31.2 Å². The Morgan fingerprint density at radius 1 is 1.29 bits per heavy atom. The number of hydrogen-bond acceptors (Lipinski definition) is 3. The monoisotopic (exact) mass is 325 g/mol. The van der Waals surface area contributed by atoms with Crippen molar-refractivity contribution in [1.29, 1.82) is 0 Å². The number of carbonyl (C=O) groups is 2. The summed E-state index contributed by atoms with van der Waals surface area (Å²) >= 11 is 0. The summed E-state index contributed by atoms with van der Waals surface area (Å²) in [6.07, 6.45) is 2.63. The van der Waals surface area contributed by atoms with E-state index >= 15 is 0 Å². The van der Waals surface area contributed by atoms with E-state index in [1.165, 1.54) is 17.2 Å². The van der Waals surface area contributed by atoms with Gasteiger partial charge in [0.05, 0.1) is 0 Å². The maximum atomic E-state index is 12.9. The lowest BCUT2D eigenvalue weighted by Crippen LogP contribution is -2.41. The van der Waals surface area contributed by atoms with Gasteiger partial charge < -0.3 is 14.4 Å². The van der Waals surface area contributed by atoms with Crippen LogP contribution in [-0.2, 0) is 18.4 Å². The number of carboxylic acids is 1. The molecule has 1 aliphatic carbocycles. The van der Waals surface area contributed by atoms with E-state index in [-0.39, 0.29) is 22.6 Å². The molecule has 1 aromatic heterocycles. The first-order chi connectivity index (χ1) is 11.5. The molecule has 24 heavy (non-hydrogen) atoms. The van der Waals surface area contributed by atoms with Crippen LogP contribution in [0, 0.1) is 0 Å². The molecule has 0 bridgehead atoms. The highest BCUT2D eigenvalue weighted by atomic mass is 16.4. The number of carbonyl (C=O) groups excluding carboxylic acids is 1. The van der Waals surface area contributed by atoms with Gasteiger partial charge in [0.15, 0.2) is 5.76 Å². The second-order valence-electron chi connectivity index (χ2n) is 6.70. The minimum absolute atomic E-state index is 0.0828. The van der Waals surface area contributed by atoms with Crippen LogP contribution >= 0.6 is 0 Å². The zero-order valence-corrected chi connectivity index (χ0v) is 13.5. The largest absolute Gasteiger partial charge is 0.478 e. The highest BCUT2D eigenvalue weighted by Gasteiger charge is 2.50. The predicted octanol–water partition coefficient (Wildman–Crippen LogP) is 3.23. The fourth-order valence-corrected chi connectivity index (χ4v) is 3.74. The van der Waals surface area contributed by atoms with Crippen molar-refractivity contribution in [3.8, 4) is 0 Å². The number of nitrogens with zero attached hydrogens (tertiary/aromatic N) is 1. The number of hydrogen-bond donors (Lipinski definition) is 1. The van der Waals surface area contributed by atoms with Gasteiger partial charge in [-0.3, -0.25) is 4.79 Å². The van der Waals surface area contributed by atoms with Crippen LogP contribution in [0.3, 0.4) is 0 Å². The van der Waals surface area contributed by atoms with Crippen LogP contribution < -0.4 is 0 Å². The van der Waals surface area contributed by atoms with Gasteiger partial charge in [-0.2, -0.15) is 0 Å². The maximum absolute atomic E-state index is 12.9. The summed E-state index contributed by atoms with van der Waals surface area (Å²) < 4.78 is 5.54. The molecule has 4 rings (SSSR count). The van der Waals surface area contributed by atoms with E-state index in [1.807, 2.05) is 13.0 Å². The number of fused-ring (bicyclic) bond motifs is 2. The average molecular weight is 325 g/mol. The van der Waals surface area contributed by atoms with E-state index in [2.05, 4.69) is 18.2 Å². The van der Waals surface area contributed by atoms with E-state index in [4.69, 9.17) is 4.42 Å². The molecule has 1 spiro atoms. The molecular formula is C19H19NO4. The van der Waals surface area contributed by atoms with E-state index in [1.54, 1.807) is 4.90 Å². The summed E-state index contributed by atoms with van der Waals surface area (Å²) in [6.45, 7) is 3.03. The van der Waals surface area contributed by atoms with Crippen molar-refractivity contribution in [2.45, 2.75) is 38.1 Å². The first-order valence-corrected chi connectivity index (χ1v) is 8.28. The molecule has 1 fully saturated rings. The molecule has 5 heteroatoms. The van der Waals surface area contributed by atoms with Gasteiger partial charge in [0.1, 0.15) is 11.3 Å². The zero-order valence-electron chi connectivity index (χ0n) is 13.5. The van der Waals surface area contributed by atoms with Crippen LogP contribution in [0.5, 0.6) is 0 Å². The normalized spacial score (nSPS) is 17.6. The number of carboxylic acid groups (broad SMARTS) is 1. The maximum Gasteiger partial charge on any atom is 0.339 e. The Morgan fingerprint density at radius 3 is 2.67 bits per heavy atom. The van der Waals surface area contributed by atoms with Gasteiger partial charge in [0.25, 0.3) is 5.91 Å². The molecule has 2 aliphatic rings. The van der Waals surface area contributed by atoms with Crippen molar-refractivity contribution in [2.24, 2.45) is 0 Å². The molecule has 0 atom stereocenters. The molecule has 2 aromatic rings. The second-order valence-corrected chi connectivity index (χ2v) is 6.70. The smallest absolute Gasteiger partial charge is 0.339 e. The first-order valence-electron chi connectivity index (χ1n) is 8.28. The summed E-state index contributed by atoms with van der Waals surface area (Å²) in [5, 5.41) is 9.24. The minimum atomic E-state index is -1.06.